The zero-order chi connectivity index (χ0) is 22.5. The third-order valence-electron chi connectivity index (χ3n) is 6.20. The van der Waals surface area contributed by atoms with E-state index >= 15 is 0 Å². The highest BCUT2D eigenvalue weighted by atomic mass is 16.5. The van der Waals surface area contributed by atoms with Crippen molar-refractivity contribution in [1.29, 1.82) is 0 Å². The largest absolute Gasteiger partial charge is 0.488 e. The smallest absolute Gasteiger partial charge is 0.306 e. The van der Waals surface area contributed by atoms with E-state index in [0.717, 1.165) is 37.9 Å². The Kier molecular flexibility index (Phi) is 11.5. The van der Waals surface area contributed by atoms with Crippen LogP contribution in [0.1, 0.15) is 129 Å². The van der Waals surface area contributed by atoms with Crippen LogP contribution in [0.5, 0.6) is 5.75 Å². The number of carbonyl (C=O) groups is 1. The predicted octanol–water partition coefficient (Wildman–Crippen LogP) is 8.35. The average molecular weight is 431 g/mol. The number of hydrogen-bond donors (Lipinski definition) is 0. The number of rotatable bonds is 13. The second-order valence-corrected chi connectivity index (χ2v) is 10.2. The molecule has 0 N–H and O–H groups in total. The van der Waals surface area contributed by atoms with E-state index in [9.17, 15) is 4.79 Å². The lowest BCUT2D eigenvalue weighted by Gasteiger charge is -2.33. The Labute approximate surface area is 191 Å². The molecule has 3 heteroatoms. The van der Waals surface area contributed by atoms with Gasteiger partial charge in [0.15, 0.2) is 0 Å². The quantitative estimate of drug-likeness (QED) is 0.233. The molecule has 1 aliphatic rings. The van der Waals surface area contributed by atoms with E-state index in [0.29, 0.717) is 6.42 Å². The Balaban J connectivity index is 1.79. The second kappa shape index (κ2) is 13.8. The molecule has 1 aromatic rings. The molecule has 0 amide bonds. The van der Waals surface area contributed by atoms with E-state index in [1.54, 1.807) is 0 Å². The van der Waals surface area contributed by atoms with Crippen LogP contribution < -0.4 is 4.74 Å². The normalized spacial score (nSPS) is 19.2. The molecule has 176 valence electrons. The topological polar surface area (TPSA) is 35.5 Å². The number of benzene rings is 1. The lowest BCUT2D eigenvalue weighted by Crippen LogP contribution is -2.30. The van der Waals surface area contributed by atoms with E-state index in [1.165, 1.54) is 56.9 Å². The van der Waals surface area contributed by atoms with Gasteiger partial charge in [-0.05, 0) is 52.5 Å². The maximum Gasteiger partial charge on any atom is 0.306 e. The first-order valence-corrected chi connectivity index (χ1v) is 12.9. The predicted molar refractivity (Wildman–Crippen MR) is 130 cm³/mol. The average Bonchev–Trinajstić information content (AvgIpc) is 2.72. The van der Waals surface area contributed by atoms with Crippen LogP contribution in [0.15, 0.2) is 24.3 Å². The zero-order valence-electron chi connectivity index (χ0n) is 20.6. The Morgan fingerprint density at radius 3 is 2.19 bits per heavy atom. The van der Waals surface area contributed by atoms with Crippen LogP contribution in [0.2, 0.25) is 0 Å². The molecule has 0 radical (unpaired) electrons. The summed E-state index contributed by atoms with van der Waals surface area (Å²) >= 11 is 0. The number of unbranched alkanes of at least 4 members (excludes halogenated alkanes) is 8. The number of para-hydroxylation sites is 1. The minimum Gasteiger partial charge on any atom is -0.488 e. The first-order valence-electron chi connectivity index (χ1n) is 12.9. The van der Waals surface area contributed by atoms with Gasteiger partial charge in [0.25, 0.3) is 0 Å². The number of carbonyl (C=O) groups excluding carboxylic acids is 1. The molecule has 0 aromatic heterocycles. The van der Waals surface area contributed by atoms with E-state index in [1.807, 2.05) is 6.07 Å². The fraction of sp³-hybridized carbons (Fsp3) is 0.750. The third-order valence-corrected chi connectivity index (χ3v) is 6.20. The van der Waals surface area contributed by atoms with Crippen LogP contribution in [0.3, 0.4) is 0 Å². The van der Waals surface area contributed by atoms with Crippen molar-refractivity contribution >= 4 is 5.97 Å². The van der Waals surface area contributed by atoms with Gasteiger partial charge in [-0.3, -0.25) is 4.79 Å². The second-order valence-electron chi connectivity index (χ2n) is 10.2. The Morgan fingerprint density at radius 1 is 0.903 bits per heavy atom. The van der Waals surface area contributed by atoms with Crippen LogP contribution in [0.25, 0.3) is 0 Å². The Bertz CT molecular complexity index is 631. The van der Waals surface area contributed by atoms with Gasteiger partial charge in [-0.1, -0.05) is 82.9 Å². The highest BCUT2D eigenvalue weighted by Crippen LogP contribution is 2.40. The number of esters is 1. The highest BCUT2D eigenvalue weighted by molar-refractivity contribution is 5.69. The summed E-state index contributed by atoms with van der Waals surface area (Å²) in [5.41, 5.74) is 0.949. The summed E-state index contributed by atoms with van der Waals surface area (Å²) in [7, 11) is 0. The lowest BCUT2D eigenvalue weighted by molar-refractivity contribution is -0.151. The summed E-state index contributed by atoms with van der Waals surface area (Å²) in [5, 5.41) is 0. The molecular formula is C28H46O3. The van der Waals surface area contributed by atoms with E-state index in [4.69, 9.17) is 9.47 Å². The van der Waals surface area contributed by atoms with E-state index in [-0.39, 0.29) is 23.6 Å². The van der Waals surface area contributed by atoms with Crippen molar-refractivity contribution < 1.29 is 14.3 Å². The van der Waals surface area contributed by atoms with Crippen LogP contribution in [0, 0.1) is 0 Å². The molecule has 0 unspecified atom stereocenters. The molecule has 2 rings (SSSR count). The van der Waals surface area contributed by atoms with Gasteiger partial charge in [0, 0.05) is 17.9 Å². The van der Waals surface area contributed by atoms with Crippen molar-refractivity contribution in [3.8, 4) is 5.75 Å². The van der Waals surface area contributed by atoms with Crippen molar-refractivity contribution in [1.82, 2.24) is 0 Å². The van der Waals surface area contributed by atoms with Crippen LogP contribution >= 0.6 is 0 Å². The molecular weight excluding hydrogens is 384 g/mol. The van der Waals surface area contributed by atoms with Crippen molar-refractivity contribution in [3.63, 3.8) is 0 Å². The van der Waals surface area contributed by atoms with Crippen molar-refractivity contribution in [2.45, 2.75) is 135 Å². The Hall–Kier alpha value is -1.51. The van der Waals surface area contributed by atoms with Crippen molar-refractivity contribution in [3.05, 3.63) is 29.8 Å². The molecule has 0 saturated heterocycles. The standard InChI is InChI=1S/C28H46O3/c1-5-6-7-8-9-10-11-12-13-22-27(29)30-25-20-16-14-18-23(25)24-19-15-17-21-26(24)31-28(2,3)4/h15,17,19,21,23,25H,5-14,16,18,20,22H2,1-4H3/t23-,25+/m0/s1. The first kappa shape index (κ1) is 25.7. The molecule has 1 aliphatic carbocycles. The van der Waals surface area contributed by atoms with Gasteiger partial charge in [0.05, 0.1) is 0 Å². The van der Waals surface area contributed by atoms with Gasteiger partial charge in [0.2, 0.25) is 0 Å². The van der Waals surface area contributed by atoms with Gasteiger partial charge < -0.3 is 9.47 Å². The van der Waals surface area contributed by atoms with Crippen LogP contribution in [-0.2, 0) is 9.53 Å². The van der Waals surface area contributed by atoms with Crippen molar-refractivity contribution in [2.24, 2.45) is 0 Å². The van der Waals surface area contributed by atoms with Crippen molar-refractivity contribution in [2.75, 3.05) is 0 Å². The number of ether oxygens (including phenoxy) is 2. The minimum atomic E-state index is -0.243. The summed E-state index contributed by atoms with van der Waals surface area (Å²) < 4.78 is 12.3. The summed E-state index contributed by atoms with van der Waals surface area (Å²) in [5.74, 6) is 1.15. The summed E-state index contributed by atoms with van der Waals surface area (Å²) in [6.45, 7) is 8.49. The van der Waals surface area contributed by atoms with Gasteiger partial charge in [-0.25, -0.2) is 0 Å². The van der Waals surface area contributed by atoms with E-state index in [2.05, 4.69) is 45.9 Å². The molecule has 1 fully saturated rings. The fourth-order valence-corrected chi connectivity index (χ4v) is 4.61. The molecule has 1 saturated carbocycles. The molecule has 0 bridgehead atoms. The summed E-state index contributed by atoms with van der Waals surface area (Å²) in [6, 6.07) is 8.30. The minimum absolute atomic E-state index is 0.0194. The molecule has 1 aromatic carbocycles. The fourth-order valence-electron chi connectivity index (χ4n) is 4.61. The van der Waals surface area contributed by atoms with Gasteiger partial charge in [-0.15, -0.1) is 0 Å². The first-order chi connectivity index (χ1) is 14.9. The van der Waals surface area contributed by atoms with Crippen LogP contribution in [-0.4, -0.2) is 17.7 Å². The molecule has 0 heterocycles. The SMILES string of the molecule is CCCCCCCCCCCC(=O)O[C@@H]1CCCC[C@H]1c1ccccc1OC(C)(C)C. The zero-order valence-corrected chi connectivity index (χ0v) is 20.6. The molecule has 3 nitrogen and oxygen atoms in total. The highest BCUT2D eigenvalue weighted by Gasteiger charge is 2.32. The maximum absolute atomic E-state index is 12.6. The molecule has 0 aliphatic heterocycles. The van der Waals surface area contributed by atoms with E-state index < -0.39 is 0 Å². The summed E-state index contributed by atoms with van der Waals surface area (Å²) in [4.78, 5) is 12.6. The van der Waals surface area contributed by atoms with Crippen LogP contribution in [0.4, 0.5) is 0 Å². The van der Waals surface area contributed by atoms with Gasteiger partial charge in [-0.2, -0.15) is 0 Å². The lowest BCUT2D eigenvalue weighted by atomic mass is 9.81. The Morgan fingerprint density at radius 2 is 1.52 bits per heavy atom. The summed E-state index contributed by atoms with van der Waals surface area (Å²) in [6.07, 6.45) is 16.2. The molecule has 0 spiro atoms. The van der Waals surface area contributed by atoms with Gasteiger partial charge in [0.1, 0.15) is 17.5 Å². The third kappa shape index (κ3) is 10.1. The maximum atomic E-state index is 12.6. The molecule has 2 atom stereocenters. The number of hydrogen-bond acceptors (Lipinski definition) is 3. The van der Waals surface area contributed by atoms with Gasteiger partial charge >= 0.3 is 5.97 Å². The monoisotopic (exact) mass is 430 g/mol. The molecule has 31 heavy (non-hydrogen) atoms.